The monoisotopic (exact) mass is 543 g/mol. The number of aromatic nitrogens is 4. The molecule has 0 saturated heterocycles. The minimum atomic E-state index is -0.125. The van der Waals surface area contributed by atoms with E-state index in [2.05, 4.69) is 52.4 Å². The molecule has 2 aromatic carbocycles. The Labute approximate surface area is 194 Å². The van der Waals surface area contributed by atoms with E-state index in [4.69, 9.17) is 0 Å². The maximum Gasteiger partial charge on any atom is 0.234 e. The van der Waals surface area contributed by atoms with Crippen LogP contribution in [0.4, 0.5) is 5.69 Å². The molecule has 0 unspecified atom stereocenters. The van der Waals surface area contributed by atoms with E-state index in [-0.39, 0.29) is 11.7 Å². The molecule has 6 nitrogen and oxygen atoms in total. The van der Waals surface area contributed by atoms with Crippen LogP contribution in [0.2, 0.25) is 0 Å². The predicted octanol–water partition coefficient (Wildman–Crippen LogP) is 5.59. The molecule has 0 aliphatic carbocycles. The molecular formula is C21H15Br2N5OS. The lowest BCUT2D eigenvalue weighted by Gasteiger charge is -2.11. The Hall–Kier alpha value is -2.49. The molecule has 150 valence electrons. The van der Waals surface area contributed by atoms with Gasteiger partial charge in [0.25, 0.3) is 0 Å². The number of nitrogens with one attached hydrogen (secondary N) is 1. The first kappa shape index (κ1) is 20.8. The highest BCUT2D eigenvalue weighted by molar-refractivity contribution is 9.10. The molecule has 4 rings (SSSR count). The fraction of sp³-hybridized carbons (Fsp3) is 0.0476. The Morgan fingerprint density at radius 3 is 2.53 bits per heavy atom. The van der Waals surface area contributed by atoms with Gasteiger partial charge < -0.3 is 5.32 Å². The number of halogens is 2. The summed E-state index contributed by atoms with van der Waals surface area (Å²) in [5.74, 6) is 0.738. The molecule has 2 aromatic heterocycles. The Morgan fingerprint density at radius 1 is 1.00 bits per heavy atom. The SMILES string of the molecule is O=C(CSc1nnc(-c2cccnc2)n1-c1ccc(Br)cc1)Nc1ccccc1Br. The number of para-hydroxylation sites is 1. The second-order valence-electron chi connectivity index (χ2n) is 6.18. The van der Waals surface area contributed by atoms with Crippen molar-refractivity contribution in [2.75, 3.05) is 11.1 Å². The maximum absolute atomic E-state index is 12.5. The zero-order valence-corrected chi connectivity index (χ0v) is 19.5. The average Bonchev–Trinajstić information content (AvgIpc) is 3.19. The lowest BCUT2D eigenvalue weighted by molar-refractivity contribution is -0.113. The van der Waals surface area contributed by atoms with Crippen LogP contribution in [0.15, 0.2) is 87.2 Å². The van der Waals surface area contributed by atoms with Crippen molar-refractivity contribution in [1.29, 1.82) is 0 Å². The first-order valence-electron chi connectivity index (χ1n) is 8.91. The van der Waals surface area contributed by atoms with Gasteiger partial charge in [-0.1, -0.05) is 39.8 Å². The summed E-state index contributed by atoms with van der Waals surface area (Å²) in [6.45, 7) is 0. The Kier molecular flexibility index (Phi) is 6.61. The number of carbonyl (C=O) groups is 1. The highest BCUT2D eigenvalue weighted by Gasteiger charge is 2.17. The summed E-state index contributed by atoms with van der Waals surface area (Å²) in [5, 5.41) is 12.2. The Balaban J connectivity index is 1.60. The fourth-order valence-electron chi connectivity index (χ4n) is 2.75. The van der Waals surface area contributed by atoms with Gasteiger partial charge in [0.1, 0.15) is 0 Å². The number of carbonyl (C=O) groups excluding carboxylic acids is 1. The molecule has 0 fully saturated rings. The van der Waals surface area contributed by atoms with E-state index in [1.54, 1.807) is 12.4 Å². The van der Waals surface area contributed by atoms with Crippen LogP contribution < -0.4 is 5.32 Å². The van der Waals surface area contributed by atoms with Gasteiger partial charge in [0.15, 0.2) is 11.0 Å². The molecule has 9 heteroatoms. The summed E-state index contributed by atoms with van der Waals surface area (Å²) in [6.07, 6.45) is 3.46. The van der Waals surface area contributed by atoms with E-state index in [1.165, 1.54) is 11.8 Å². The number of nitrogens with zero attached hydrogens (tertiary/aromatic N) is 4. The molecule has 0 spiro atoms. The Bertz CT molecular complexity index is 1170. The van der Waals surface area contributed by atoms with Gasteiger partial charge in [0.05, 0.1) is 11.4 Å². The van der Waals surface area contributed by atoms with Crippen molar-refractivity contribution in [1.82, 2.24) is 19.7 Å². The number of hydrogen-bond acceptors (Lipinski definition) is 5. The van der Waals surface area contributed by atoms with Gasteiger partial charge in [-0.15, -0.1) is 10.2 Å². The molecular weight excluding hydrogens is 530 g/mol. The second-order valence-corrected chi connectivity index (χ2v) is 8.89. The van der Waals surface area contributed by atoms with Crippen LogP contribution in [0.5, 0.6) is 0 Å². The van der Waals surface area contributed by atoms with Crippen molar-refractivity contribution in [2.24, 2.45) is 0 Å². The summed E-state index contributed by atoms with van der Waals surface area (Å²) in [5.41, 5.74) is 2.47. The van der Waals surface area contributed by atoms with Crippen LogP contribution in [0.1, 0.15) is 0 Å². The first-order valence-corrected chi connectivity index (χ1v) is 11.5. The standard InChI is InChI=1S/C21H15Br2N5OS/c22-15-7-9-16(10-8-15)28-20(14-4-3-11-24-12-14)26-27-21(28)30-13-19(29)25-18-6-2-1-5-17(18)23/h1-12H,13H2,(H,25,29). The third-order valence-electron chi connectivity index (χ3n) is 4.12. The van der Waals surface area contributed by atoms with Gasteiger partial charge in [0, 0.05) is 32.6 Å². The van der Waals surface area contributed by atoms with Crippen LogP contribution in [0.3, 0.4) is 0 Å². The minimum absolute atomic E-state index is 0.125. The molecule has 1 amide bonds. The zero-order valence-electron chi connectivity index (χ0n) is 15.5. The van der Waals surface area contributed by atoms with E-state index in [0.717, 1.165) is 25.9 Å². The van der Waals surface area contributed by atoms with Gasteiger partial charge in [-0.05, 0) is 64.5 Å². The molecule has 2 heterocycles. The zero-order chi connectivity index (χ0) is 20.9. The highest BCUT2D eigenvalue weighted by Crippen LogP contribution is 2.29. The number of thioether (sulfide) groups is 1. The van der Waals surface area contributed by atoms with Crippen molar-refractivity contribution in [3.05, 3.63) is 82.0 Å². The number of anilines is 1. The quantitative estimate of drug-likeness (QED) is 0.320. The lowest BCUT2D eigenvalue weighted by atomic mass is 10.2. The van der Waals surface area contributed by atoms with Gasteiger partial charge >= 0.3 is 0 Å². The number of benzene rings is 2. The van der Waals surface area contributed by atoms with Crippen molar-refractivity contribution in [3.63, 3.8) is 0 Å². The molecule has 0 saturated carbocycles. The summed E-state index contributed by atoms with van der Waals surface area (Å²) in [6, 6.07) is 19.1. The van der Waals surface area contributed by atoms with E-state index >= 15 is 0 Å². The third-order valence-corrected chi connectivity index (χ3v) is 6.27. The topological polar surface area (TPSA) is 72.7 Å². The van der Waals surface area contributed by atoms with Gasteiger partial charge in [-0.2, -0.15) is 0 Å². The fourth-order valence-corrected chi connectivity index (χ4v) is 4.15. The first-order chi connectivity index (χ1) is 14.6. The van der Waals surface area contributed by atoms with E-state index in [0.29, 0.717) is 11.0 Å². The van der Waals surface area contributed by atoms with Crippen LogP contribution in [-0.4, -0.2) is 31.4 Å². The maximum atomic E-state index is 12.5. The molecule has 0 bridgehead atoms. The highest BCUT2D eigenvalue weighted by atomic mass is 79.9. The van der Waals surface area contributed by atoms with Gasteiger partial charge in [-0.25, -0.2) is 0 Å². The van der Waals surface area contributed by atoms with Gasteiger partial charge in [0.2, 0.25) is 5.91 Å². The normalized spacial score (nSPS) is 10.7. The molecule has 0 atom stereocenters. The predicted molar refractivity (Wildman–Crippen MR) is 126 cm³/mol. The third kappa shape index (κ3) is 4.80. The van der Waals surface area contributed by atoms with Crippen LogP contribution >= 0.6 is 43.6 Å². The van der Waals surface area contributed by atoms with Crippen molar-refractivity contribution >= 4 is 55.2 Å². The smallest absolute Gasteiger partial charge is 0.234 e. The number of rotatable bonds is 6. The van der Waals surface area contributed by atoms with Gasteiger partial charge in [-0.3, -0.25) is 14.3 Å². The van der Waals surface area contributed by atoms with Crippen LogP contribution in [0, 0.1) is 0 Å². The summed E-state index contributed by atoms with van der Waals surface area (Å²) in [4.78, 5) is 16.7. The molecule has 0 radical (unpaired) electrons. The average molecular weight is 545 g/mol. The summed E-state index contributed by atoms with van der Waals surface area (Å²) in [7, 11) is 0. The van der Waals surface area contributed by atoms with Crippen LogP contribution in [0.25, 0.3) is 17.1 Å². The van der Waals surface area contributed by atoms with Crippen molar-refractivity contribution in [3.8, 4) is 17.1 Å². The van der Waals surface area contributed by atoms with E-state index in [1.807, 2.05) is 65.2 Å². The summed E-state index contributed by atoms with van der Waals surface area (Å²) >= 11 is 8.23. The number of hydrogen-bond donors (Lipinski definition) is 1. The second kappa shape index (κ2) is 9.55. The molecule has 4 aromatic rings. The number of pyridine rings is 1. The van der Waals surface area contributed by atoms with Crippen molar-refractivity contribution in [2.45, 2.75) is 5.16 Å². The Morgan fingerprint density at radius 2 is 1.80 bits per heavy atom. The molecule has 30 heavy (non-hydrogen) atoms. The lowest BCUT2D eigenvalue weighted by Crippen LogP contribution is -2.15. The molecule has 1 N–H and O–H groups in total. The van der Waals surface area contributed by atoms with Crippen LogP contribution in [-0.2, 0) is 4.79 Å². The van der Waals surface area contributed by atoms with Crippen molar-refractivity contribution < 1.29 is 4.79 Å². The molecule has 0 aliphatic heterocycles. The molecule has 0 aliphatic rings. The van der Waals surface area contributed by atoms with E-state index < -0.39 is 0 Å². The number of amides is 1. The minimum Gasteiger partial charge on any atom is -0.324 e. The summed E-state index contributed by atoms with van der Waals surface area (Å²) < 4.78 is 3.74. The van der Waals surface area contributed by atoms with E-state index in [9.17, 15) is 4.79 Å². The largest absolute Gasteiger partial charge is 0.324 e.